The molecule has 1 atom stereocenters. The fourth-order valence-corrected chi connectivity index (χ4v) is 3.18. The summed E-state index contributed by atoms with van der Waals surface area (Å²) in [6, 6.07) is 12.3. The summed E-state index contributed by atoms with van der Waals surface area (Å²) in [5.41, 5.74) is 3.46. The van der Waals surface area contributed by atoms with Gasteiger partial charge in [0.15, 0.2) is 11.5 Å². The van der Waals surface area contributed by atoms with Gasteiger partial charge in [0.05, 0.1) is 17.7 Å². The lowest BCUT2D eigenvalue weighted by Crippen LogP contribution is -2.31. The predicted octanol–water partition coefficient (Wildman–Crippen LogP) is 4.25. The Kier molecular flexibility index (Phi) is 14.4. The van der Waals surface area contributed by atoms with Crippen LogP contribution in [0.2, 0.25) is 0 Å². The highest BCUT2D eigenvalue weighted by atomic mass is 79.9. The molecular weight excluding hydrogens is 479 g/mol. The van der Waals surface area contributed by atoms with Gasteiger partial charge in [-0.3, -0.25) is 0 Å². The summed E-state index contributed by atoms with van der Waals surface area (Å²) in [6.07, 6.45) is -0.322. The number of aliphatic hydroxyl groups is 1. The number of methoxy groups -OCH3 is 1. The first-order valence-corrected chi connectivity index (χ1v) is 9.93. The normalized spacial score (nSPS) is 11.2. The summed E-state index contributed by atoms with van der Waals surface area (Å²) in [6.45, 7) is 7.28. The third-order valence-electron chi connectivity index (χ3n) is 4.04. The van der Waals surface area contributed by atoms with E-state index in [1.54, 1.807) is 14.0 Å². The van der Waals surface area contributed by atoms with E-state index < -0.39 is 0 Å². The van der Waals surface area contributed by atoms with E-state index in [1.165, 1.54) is 5.56 Å². The third kappa shape index (κ3) is 10.0. The van der Waals surface area contributed by atoms with Gasteiger partial charge in [0, 0.05) is 26.2 Å². The number of hydrogen-bond donors (Lipinski definition) is 3. The van der Waals surface area contributed by atoms with Gasteiger partial charge < -0.3 is 25.2 Å². The van der Waals surface area contributed by atoms with Crippen molar-refractivity contribution in [2.75, 3.05) is 26.7 Å². The van der Waals surface area contributed by atoms with Crippen molar-refractivity contribution in [2.45, 2.75) is 33.1 Å². The average molecular weight is 510 g/mol. The Bertz CT molecular complexity index is 716. The van der Waals surface area contributed by atoms with Crippen molar-refractivity contribution in [1.82, 2.24) is 10.6 Å². The molecule has 8 heteroatoms. The Morgan fingerprint density at radius 1 is 1.03 bits per heavy atom. The largest absolute Gasteiger partial charge is 0.493 e. The molecule has 0 saturated carbocycles. The number of hydrogen-bond acceptors (Lipinski definition) is 5. The molecule has 29 heavy (non-hydrogen) atoms. The van der Waals surface area contributed by atoms with Crippen molar-refractivity contribution in [3.8, 4) is 11.5 Å². The minimum Gasteiger partial charge on any atom is -0.493 e. The number of halogens is 3. The molecule has 5 nitrogen and oxygen atoms in total. The van der Waals surface area contributed by atoms with Crippen LogP contribution in [0.5, 0.6) is 11.5 Å². The molecule has 2 rings (SSSR count). The predicted molar refractivity (Wildman–Crippen MR) is 127 cm³/mol. The Hall–Kier alpha value is -1.02. The van der Waals surface area contributed by atoms with Crippen molar-refractivity contribution in [3.05, 3.63) is 57.6 Å². The first-order chi connectivity index (χ1) is 13.0. The van der Waals surface area contributed by atoms with Gasteiger partial charge in [-0.25, -0.2) is 0 Å². The van der Waals surface area contributed by atoms with Crippen LogP contribution in [0.3, 0.4) is 0 Å². The molecule has 0 aliphatic rings. The van der Waals surface area contributed by atoms with Gasteiger partial charge in [-0.2, -0.15) is 0 Å². The molecule has 164 valence electrons. The van der Waals surface area contributed by atoms with Crippen LogP contribution in [0, 0.1) is 6.92 Å². The average Bonchev–Trinajstić information content (AvgIpc) is 2.64. The summed E-state index contributed by atoms with van der Waals surface area (Å²) in [4.78, 5) is 0. The lowest BCUT2D eigenvalue weighted by molar-refractivity contribution is 0.191. The van der Waals surface area contributed by atoms with Crippen LogP contribution in [-0.4, -0.2) is 38.0 Å². The fourth-order valence-electron chi connectivity index (χ4n) is 2.58. The highest BCUT2D eigenvalue weighted by Gasteiger charge is 2.12. The number of benzene rings is 2. The van der Waals surface area contributed by atoms with E-state index in [0.717, 1.165) is 35.2 Å². The number of aliphatic hydroxyl groups excluding tert-OH is 1. The van der Waals surface area contributed by atoms with Crippen LogP contribution in [0.1, 0.15) is 23.6 Å². The lowest BCUT2D eigenvalue weighted by Gasteiger charge is -2.15. The second kappa shape index (κ2) is 14.9. The highest BCUT2D eigenvalue weighted by molar-refractivity contribution is 9.10. The molecule has 0 aromatic heterocycles. The fraction of sp³-hybridized carbons (Fsp3) is 0.429. The molecule has 2 aromatic carbocycles. The zero-order valence-corrected chi connectivity index (χ0v) is 20.3. The maximum atomic E-state index is 9.22. The first-order valence-electron chi connectivity index (χ1n) is 9.14. The van der Waals surface area contributed by atoms with Gasteiger partial charge in [-0.15, -0.1) is 24.8 Å². The molecule has 0 bridgehead atoms. The van der Waals surface area contributed by atoms with Crippen LogP contribution >= 0.6 is 40.7 Å². The smallest absolute Gasteiger partial charge is 0.175 e. The second-order valence-corrected chi connectivity index (χ2v) is 7.47. The molecule has 0 spiro atoms. The number of rotatable bonds is 11. The van der Waals surface area contributed by atoms with E-state index in [-0.39, 0.29) is 30.9 Å². The van der Waals surface area contributed by atoms with Crippen molar-refractivity contribution < 1.29 is 14.6 Å². The molecule has 0 aliphatic heterocycles. The zero-order chi connectivity index (χ0) is 19.6. The Balaban J connectivity index is 0.00000392. The molecule has 0 saturated heterocycles. The summed E-state index contributed by atoms with van der Waals surface area (Å²) >= 11 is 3.60. The zero-order valence-electron chi connectivity index (χ0n) is 17.0. The van der Waals surface area contributed by atoms with Crippen molar-refractivity contribution >= 4 is 40.7 Å². The van der Waals surface area contributed by atoms with Gasteiger partial charge in [-0.05, 0) is 53.0 Å². The molecule has 0 fully saturated rings. The third-order valence-corrected chi connectivity index (χ3v) is 4.63. The van der Waals surface area contributed by atoms with E-state index in [2.05, 4.69) is 57.8 Å². The van der Waals surface area contributed by atoms with Crippen LogP contribution in [0.25, 0.3) is 0 Å². The maximum absolute atomic E-state index is 9.22. The molecular formula is C21H31BrCl2N2O3. The Labute approximate surface area is 194 Å². The summed E-state index contributed by atoms with van der Waals surface area (Å²) < 4.78 is 12.4. The van der Waals surface area contributed by atoms with Gasteiger partial charge >= 0.3 is 0 Å². The molecule has 1 unspecified atom stereocenters. The second-order valence-electron chi connectivity index (χ2n) is 6.61. The first kappa shape index (κ1) is 28.0. The van der Waals surface area contributed by atoms with E-state index >= 15 is 0 Å². The minimum absolute atomic E-state index is 0. The molecule has 2 aromatic rings. The topological polar surface area (TPSA) is 62.8 Å². The number of ether oxygens (including phenoxy) is 2. The SMILES string of the molecule is COc1cc(CNCCNCC(C)O)cc(Br)c1OCc1ccc(C)cc1.Cl.Cl. The van der Waals surface area contributed by atoms with Crippen LogP contribution in [0.15, 0.2) is 40.9 Å². The number of aryl methyl sites for hydroxylation is 1. The molecule has 0 radical (unpaired) electrons. The molecule has 0 aliphatic carbocycles. The van der Waals surface area contributed by atoms with Gasteiger partial charge in [0.25, 0.3) is 0 Å². The quantitative estimate of drug-likeness (QED) is 0.395. The standard InChI is InChI=1S/C21H29BrN2O3.2ClH/c1-15-4-6-17(7-5-15)14-27-21-19(22)10-18(11-20(21)26-3)13-24-9-8-23-12-16(2)25;;/h4-7,10-11,16,23-25H,8-9,12-14H2,1-3H3;2*1H. The molecule has 3 N–H and O–H groups in total. The van der Waals surface area contributed by atoms with Crippen molar-refractivity contribution in [1.29, 1.82) is 0 Å². The van der Waals surface area contributed by atoms with Gasteiger partial charge in [0.1, 0.15) is 6.61 Å². The highest BCUT2D eigenvalue weighted by Crippen LogP contribution is 2.37. The summed E-state index contributed by atoms with van der Waals surface area (Å²) in [5, 5.41) is 15.8. The minimum atomic E-state index is -0.322. The Morgan fingerprint density at radius 3 is 2.31 bits per heavy atom. The van der Waals surface area contributed by atoms with E-state index in [4.69, 9.17) is 9.47 Å². The van der Waals surface area contributed by atoms with Gasteiger partial charge in [-0.1, -0.05) is 29.8 Å². The van der Waals surface area contributed by atoms with Crippen LogP contribution in [0.4, 0.5) is 0 Å². The number of nitrogens with one attached hydrogen (secondary N) is 2. The van der Waals surface area contributed by atoms with Crippen LogP contribution in [-0.2, 0) is 13.2 Å². The summed E-state index contributed by atoms with van der Waals surface area (Å²) in [5.74, 6) is 1.42. The lowest BCUT2D eigenvalue weighted by atomic mass is 10.1. The molecule has 0 heterocycles. The van der Waals surface area contributed by atoms with Crippen LogP contribution < -0.4 is 20.1 Å². The van der Waals surface area contributed by atoms with E-state index in [0.29, 0.717) is 24.7 Å². The monoisotopic (exact) mass is 508 g/mol. The van der Waals surface area contributed by atoms with Gasteiger partial charge in [0.2, 0.25) is 0 Å². The van der Waals surface area contributed by atoms with E-state index in [9.17, 15) is 5.11 Å². The maximum Gasteiger partial charge on any atom is 0.175 e. The van der Waals surface area contributed by atoms with E-state index in [1.807, 2.05) is 12.1 Å². The van der Waals surface area contributed by atoms with Crippen molar-refractivity contribution in [3.63, 3.8) is 0 Å². The summed E-state index contributed by atoms with van der Waals surface area (Å²) in [7, 11) is 1.65. The van der Waals surface area contributed by atoms with Crippen molar-refractivity contribution in [2.24, 2.45) is 0 Å². The molecule has 0 amide bonds. The Morgan fingerprint density at radius 2 is 1.69 bits per heavy atom.